The summed E-state index contributed by atoms with van der Waals surface area (Å²) >= 11 is 0. The molecule has 1 saturated heterocycles. The Morgan fingerprint density at radius 2 is 1.79 bits per heavy atom. The van der Waals surface area contributed by atoms with Crippen LogP contribution in [0.5, 0.6) is 0 Å². The van der Waals surface area contributed by atoms with E-state index in [1.54, 1.807) is 0 Å². The van der Waals surface area contributed by atoms with Gasteiger partial charge in [-0.1, -0.05) is 42.5 Å². The van der Waals surface area contributed by atoms with Crippen LogP contribution in [0.4, 0.5) is 0 Å². The SMILES string of the molecule is Cc1ccccc1-n1nc(C(=O)NCc2cccc(CN3CCN(C)CC3)c2)c2c1CCC2. The number of carbonyl (C=O) groups excluding carboxylic acids is 1. The topological polar surface area (TPSA) is 53.4 Å². The molecule has 1 fully saturated rings. The van der Waals surface area contributed by atoms with E-state index in [1.807, 2.05) is 16.8 Å². The largest absolute Gasteiger partial charge is 0.347 e. The second-order valence-electron chi connectivity index (χ2n) is 9.41. The summed E-state index contributed by atoms with van der Waals surface area (Å²) in [6.07, 6.45) is 2.97. The zero-order valence-corrected chi connectivity index (χ0v) is 19.7. The number of para-hydroxylation sites is 1. The van der Waals surface area contributed by atoms with E-state index in [-0.39, 0.29) is 5.91 Å². The Balaban J connectivity index is 1.27. The van der Waals surface area contributed by atoms with Gasteiger partial charge in [0.05, 0.1) is 5.69 Å². The predicted octanol–water partition coefficient (Wildman–Crippen LogP) is 3.35. The fraction of sp³-hybridized carbons (Fsp3) is 0.407. The monoisotopic (exact) mass is 443 g/mol. The summed E-state index contributed by atoms with van der Waals surface area (Å²) in [5.41, 5.74) is 7.54. The number of likely N-dealkylation sites (N-methyl/N-ethyl adjacent to an activating group) is 1. The third-order valence-electron chi connectivity index (χ3n) is 6.94. The molecule has 1 aromatic heterocycles. The molecule has 1 N–H and O–H groups in total. The number of benzene rings is 2. The van der Waals surface area contributed by atoms with Crippen LogP contribution >= 0.6 is 0 Å². The summed E-state index contributed by atoms with van der Waals surface area (Å²) in [5, 5.41) is 7.90. The second-order valence-corrected chi connectivity index (χ2v) is 9.41. The first kappa shape index (κ1) is 21.9. The molecule has 0 radical (unpaired) electrons. The summed E-state index contributed by atoms with van der Waals surface area (Å²) in [6.45, 7) is 8.02. The van der Waals surface area contributed by atoms with Gasteiger partial charge in [0.15, 0.2) is 5.69 Å². The number of rotatable bonds is 6. The average Bonchev–Trinajstić information content (AvgIpc) is 3.43. The van der Waals surface area contributed by atoms with Crippen LogP contribution in [0.3, 0.4) is 0 Å². The Hall–Kier alpha value is -2.96. The highest BCUT2D eigenvalue weighted by molar-refractivity contribution is 5.94. The molecule has 1 aliphatic carbocycles. The molecule has 2 heterocycles. The van der Waals surface area contributed by atoms with E-state index in [1.165, 1.54) is 16.8 Å². The van der Waals surface area contributed by atoms with Gasteiger partial charge in [0.1, 0.15) is 0 Å². The van der Waals surface area contributed by atoms with E-state index in [9.17, 15) is 4.79 Å². The van der Waals surface area contributed by atoms with Crippen molar-refractivity contribution < 1.29 is 4.79 Å². The molecule has 1 aliphatic heterocycles. The van der Waals surface area contributed by atoms with Gasteiger partial charge in [-0.3, -0.25) is 9.69 Å². The Morgan fingerprint density at radius 1 is 1.00 bits per heavy atom. The Kier molecular flexibility index (Phi) is 6.29. The van der Waals surface area contributed by atoms with E-state index in [0.29, 0.717) is 12.2 Å². The maximum Gasteiger partial charge on any atom is 0.272 e. The van der Waals surface area contributed by atoms with Crippen molar-refractivity contribution in [3.8, 4) is 5.69 Å². The summed E-state index contributed by atoms with van der Waals surface area (Å²) in [7, 11) is 2.18. The molecule has 3 aromatic rings. The molecule has 5 rings (SSSR count). The third-order valence-corrected chi connectivity index (χ3v) is 6.94. The zero-order chi connectivity index (χ0) is 22.8. The highest BCUT2D eigenvalue weighted by Crippen LogP contribution is 2.28. The smallest absolute Gasteiger partial charge is 0.272 e. The van der Waals surface area contributed by atoms with E-state index in [0.717, 1.165) is 68.8 Å². The van der Waals surface area contributed by atoms with E-state index >= 15 is 0 Å². The third kappa shape index (κ3) is 4.72. The Morgan fingerprint density at radius 3 is 2.61 bits per heavy atom. The van der Waals surface area contributed by atoms with Gasteiger partial charge in [0.2, 0.25) is 0 Å². The number of aromatic nitrogens is 2. The zero-order valence-electron chi connectivity index (χ0n) is 19.7. The number of nitrogens with one attached hydrogen (secondary N) is 1. The summed E-state index contributed by atoms with van der Waals surface area (Å²) in [6, 6.07) is 16.8. The number of hydrogen-bond donors (Lipinski definition) is 1. The van der Waals surface area contributed by atoms with Crippen molar-refractivity contribution in [2.24, 2.45) is 0 Å². The number of nitrogens with zero attached hydrogens (tertiary/aromatic N) is 4. The maximum atomic E-state index is 13.1. The molecule has 0 saturated carbocycles. The molecule has 0 unspecified atom stereocenters. The van der Waals surface area contributed by atoms with Gasteiger partial charge < -0.3 is 10.2 Å². The lowest BCUT2D eigenvalue weighted by Crippen LogP contribution is -2.43. The van der Waals surface area contributed by atoms with Crippen molar-refractivity contribution in [3.63, 3.8) is 0 Å². The van der Waals surface area contributed by atoms with Crippen molar-refractivity contribution in [3.05, 3.63) is 82.2 Å². The van der Waals surface area contributed by atoms with E-state index in [2.05, 4.69) is 65.5 Å². The lowest BCUT2D eigenvalue weighted by molar-refractivity contribution is 0.0944. The van der Waals surface area contributed by atoms with Crippen LogP contribution in [0.15, 0.2) is 48.5 Å². The predicted molar refractivity (Wildman–Crippen MR) is 131 cm³/mol. The lowest BCUT2D eigenvalue weighted by Gasteiger charge is -2.32. The van der Waals surface area contributed by atoms with Gasteiger partial charge in [-0.2, -0.15) is 5.10 Å². The molecule has 2 aromatic carbocycles. The molecule has 0 atom stereocenters. The first-order chi connectivity index (χ1) is 16.1. The Labute approximate surface area is 196 Å². The number of hydrogen-bond acceptors (Lipinski definition) is 4. The van der Waals surface area contributed by atoms with E-state index < -0.39 is 0 Å². The van der Waals surface area contributed by atoms with Crippen molar-refractivity contribution in [1.29, 1.82) is 0 Å². The Bertz CT molecular complexity index is 1140. The summed E-state index contributed by atoms with van der Waals surface area (Å²) in [4.78, 5) is 18.0. The lowest BCUT2D eigenvalue weighted by atomic mass is 10.1. The standard InChI is InChI=1S/C27H33N5O/c1-20-7-3-4-11-24(20)32-25-12-6-10-23(25)26(29-32)27(33)28-18-21-8-5-9-22(17-21)19-31-15-13-30(2)14-16-31/h3-5,7-9,11,17H,6,10,12-16,18-19H2,1-2H3,(H,28,33). The fourth-order valence-electron chi connectivity index (χ4n) is 4.99. The normalized spacial score (nSPS) is 16.7. The highest BCUT2D eigenvalue weighted by atomic mass is 16.1. The summed E-state index contributed by atoms with van der Waals surface area (Å²) in [5.74, 6) is -0.0787. The minimum absolute atomic E-state index is 0.0787. The van der Waals surface area contributed by atoms with Crippen LogP contribution in [0, 0.1) is 6.92 Å². The highest BCUT2D eigenvalue weighted by Gasteiger charge is 2.27. The molecule has 2 aliphatic rings. The molecule has 6 nitrogen and oxygen atoms in total. The van der Waals surface area contributed by atoms with Crippen LogP contribution in [-0.2, 0) is 25.9 Å². The minimum atomic E-state index is -0.0787. The van der Waals surface area contributed by atoms with Gasteiger partial charge in [-0.05, 0) is 56.0 Å². The van der Waals surface area contributed by atoms with Crippen LogP contribution in [0.1, 0.15) is 44.9 Å². The second kappa shape index (κ2) is 9.49. The van der Waals surface area contributed by atoms with Crippen LogP contribution in [0.2, 0.25) is 0 Å². The van der Waals surface area contributed by atoms with Crippen LogP contribution < -0.4 is 5.32 Å². The first-order valence-corrected chi connectivity index (χ1v) is 12.0. The van der Waals surface area contributed by atoms with Crippen molar-refractivity contribution >= 4 is 5.91 Å². The number of piperazine rings is 1. The van der Waals surface area contributed by atoms with Crippen molar-refractivity contribution in [2.75, 3.05) is 33.2 Å². The molecule has 6 heteroatoms. The minimum Gasteiger partial charge on any atom is -0.347 e. The average molecular weight is 444 g/mol. The molecule has 1 amide bonds. The number of fused-ring (bicyclic) bond motifs is 1. The van der Waals surface area contributed by atoms with Crippen molar-refractivity contribution in [2.45, 2.75) is 39.3 Å². The molecule has 0 spiro atoms. The van der Waals surface area contributed by atoms with Gasteiger partial charge in [0.25, 0.3) is 5.91 Å². The molecular formula is C27H33N5O. The van der Waals surface area contributed by atoms with Gasteiger partial charge >= 0.3 is 0 Å². The fourth-order valence-corrected chi connectivity index (χ4v) is 4.99. The molecular weight excluding hydrogens is 410 g/mol. The van der Waals surface area contributed by atoms with Crippen LogP contribution in [0.25, 0.3) is 5.69 Å². The number of carbonyl (C=O) groups is 1. The quantitative estimate of drug-likeness (QED) is 0.635. The maximum absolute atomic E-state index is 13.1. The van der Waals surface area contributed by atoms with Gasteiger partial charge in [-0.15, -0.1) is 0 Å². The van der Waals surface area contributed by atoms with Gasteiger partial charge in [-0.25, -0.2) is 4.68 Å². The number of amides is 1. The number of aryl methyl sites for hydroxylation is 1. The molecule has 0 bridgehead atoms. The first-order valence-electron chi connectivity index (χ1n) is 12.0. The van der Waals surface area contributed by atoms with Crippen LogP contribution in [-0.4, -0.2) is 58.7 Å². The van der Waals surface area contributed by atoms with Gasteiger partial charge in [0, 0.05) is 50.5 Å². The summed E-state index contributed by atoms with van der Waals surface area (Å²) < 4.78 is 1.99. The van der Waals surface area contributed by atoms with E-state index in [4.69, 9.17) is 5.10 Å². The molecule has 172 valence electrons. The van der Waals surface area contributed by atoms with Crippen molar-refractivity contribution in [1.82, 2.24) is 24.9 Å². The molecule has 33 heavy (non-hydrogen) atoms.